The molecule has 0 aliphatic heterocycles. The molecule has 0 atom stereocenters. The molecule has 0 fully saturated rings. The zero-order chi connectivity index (χ0) is 15.4. The van der Waals surface area contributed by atoms with Gasteiger partial charge in [0.15, 0.2) is 0 Å². The first-order chi connectivity index (χ1) is 10.1. The summed E-state index contributed by atoms with van der Waals surface area (Å²) in [5.41, 5.74) is 3.42. The molecule has 0 saturated heterocycles. The Morgan fingerprint density at radius 2 is 1.81 bits per heavy atom. The fourth-order valence-electron chi connectivity index (χ4n) is 2.07. The molecular weight excluding hydrogens is 266 g/mol. The molecule has 0 aromatic heterocycles. The number of ether oxygens (including phenoxy) is 2. The van der Waals surface area contributed by atoms with Gasteiger partial charge in [0.1, 0.15) is 11.5 Å². The van der Waals surface area contributed by atoms with Crippen LogP contribution >= 0.6 is 0 Å². The Hall–Kier alpha value is -2.49. The Morgan fingerprint density at radius 3 is 2.48 bits per heavy atom. The average molecular weight is 285 g/mol. The second-order valence-electron chi connectivity index (χ2n) is 4.77. The van der Waals surface area contributed by atoms with E-state index in [0.717, 1.165) is 16.8 Å². The van der Waals surface area contributed by atoms with E-state index in [0.29, 0.717) is 17.1 Å². The van der Waals surface area contributed by atoms with Crippen molar-refractivity contribution in [3.05, 3.63) is 53.1 Å². The van der Waals surface area contributed by atoms with Gasteiger partial charge in [0.05, 0.1) is 19.8 Å². The monoisotopic (exact) mass is 285 g/mol. The number of hydrogen-bond acceptors (Lipinski definition) is 3. The van der Waals surface area contributed by atoms with E-state index in [1.165, 1.54) is 7.11 Å². The third kappa shape index (κ3) is 3.16. The van der Waals surface area contributed by atoms with E-state index in [2.05, 4.69) is 5.32 Å². The van der Waals surface area contributed by atoms with Gasteiger partial charge in [-0.25, -0.2) is 0 Å². The number of rotatable bonds is 4. The lowest BCUT2D eigenvalue weighted by Crippen LogP contribution is -2.14. The average Bonchev–Trinajstić information content (AvgIpc) is 2.51. The number of anilines is 1. The van der Waals surface area contributed by atoms with Gasteiger partial charge in [-0.15, -0.1) is 0 Å². The summed E-state index contributed by atoms with van der Waals surface area (Å²) in [5, 5.41) is 2.92. The standard InChI is InChI=1S/C17H19NO3/c1-11-6-5-7-15(12(11)2)18-17(19)14-10-13(20-3)8-9-16(14)21-4/h5-10H,1-4H3,(H,18,19). The van der Waals surface area contributed by atoms with Crippen molar-refractivity contribution in [1.29, 1.82) is 0 Å². The third-order valence-electron chi connectivity index (χ3n) is 3.50. The van der Waals surface area contributed by atoms with Crippen LogP contribution in [0.1, 0.15) is 21.5 Å². The molecule has 110 valence electrons. The molecule has 4 heteroatoms. The maximum absolute atomic E-state index is 12.5. The lowest BCUT2D eigenvalue weighted by Gasteiger charge is -2.13. The molecular formula is C17H19NO3. The van der Waals surface area contributed by atoms with Crippen LogP contribution in [0.4, 0.5) is 5.69 Å². The van der Waals surface area contributed by atoms with Crippen molar-refractivity contribution in [3.8, 4) is 11.5 Å². The number of carbonyl (C=O) groups excluding carboxylic acids is 1. The van der Waals surface area contributed by atoms with Crippen LogP contribution in [-0.2, 0) is 0 Å². The number of carbonyl (C=O) groups is 1. The Kier molecular flexibility index (Phi) is 4.48. The minimum atomic E-state index is -0.223. The summed E-state index contributed by atoms with van der Waals surface area (Å²) < 4.78 is 10.4. The molecule has 0 heterocycles. The van der Waals surface area contributed by atoms with Crippen molar-refractivity contribution in [2.75, 3.05) is 19.5 Å². The summed E-state index contributed by atoms with van der Waals surface area (Å²) in [6.07, 6.45) is 0. The van der Waals surface area contributed by atoms with E-state index >= 15 is 0 Å². The highest BCUT2D eigenvalue weighted by molar-refractivity contribution is 6.06. The van der Waals surface area contributed by atoms with Crippen LogP contribution in [0.5, 0.6) is 11.5 Å². The summed E-state index contributed by atoms with van der Waals surface area (Å²) in [7, 11) is 3.10. The molecule has 0 bridgehead atoms. The second-order valence-corrected chi connectivity index (χ2v) is 4.77. The minimum Gasteiger partial charge on any atom is -0.497 e. The number of amides is 1. The predicted molar refractivity (Wildman–Crippen MR) is 83.4 cm³/mol. The van der Waals surface area contributed by atoms with Crippen molar-refractivity contribution < 1.29 is 14.3 Å². The van der Waals surface area contributed by atoms with Gasteiger partial charge in [0.25, 0.3) is 5.91 Å². The van der Waals surface area contributed by atoms with E-state index in [-0.39, 0.29) is 5.91 Å². The number of nitrogens with one attached hydrogen (secondary N) is 1. The first-order valence-electron chi connectivity index (χ1n) is 6.66. The van der Waals surface area contributed by atoms with E-state index in [1.807, 2.05) is 32.0 Å². The molecule has 0 spiro atoms. The number of benzene rings is 2. The Morgan fingerprint density at radius 1 is 1.05 bits per heavy atom. The molecule has 0 radical (unpaired) electrons. The number of hydrogen-bond donors (Lipinski definition) is 1. The van der Waals surface area contributed by atoms with Crippen LogP contribution in [0.25, 0.3) is 0 Å². The Labute approximate surface area is 124 Å². The SMILES string of the molecule is COc1ccc(OC)c(C(=O)Nc2cccc(C)c2C)c1. The molecule has 0 aliphatic rings. The number of aryl methyl sites for hydroxylation is 1. The van der Waals surface area contributed by atoms with E-state index < -0.39 is 0 Å². The smallest absolute Gasteiger partial charge is 0.259 e. The zero-order valence-electron chi connectivity index (χ0n) is 12.7. The van der Waals surface area contributed by atoms with Gasteiger partial charge >= 0.3 is 0 Å². The molecule has 2 rings (SSSR count). The largest absolute Gasteiger partial charge is 0.497 e. The van der Waals surface area contributed by atoms with Crippen LogP contribution < -0.4 is 14.8 Å². The highest BCUT2D eigenvalue weighted by Gasteiger charge is 2.15. The van der Waals surface area contributed by atoms with Crippen molar-refractivity contribution in [3.63, 3.8) is 0 Å². The van der Waals surface area contributed by atoms with Gasteiger partial charge in [-0.1, -0.05) is 12.1 Å². The fraction of sp³-hybridized carbons (Fsp3) is 0.235. The van der Waals surface area contributed by atoms with Crippen LogP contribution in [0.3, 0.4) is 0 Å². The molecule has 1 amide bonds. The quantitative estimate of drug-likeness (QED) is 0.934. The lowest BCUT2D eigenvalue weighted by molar-refractivity contribution is 0.102. The summed E-state index contributed by atoms with van der Waals surface area (Å²) in [6, 6.07) is 11.0. The zero-order valence-corrected chi connectivity index (χ0v) is 12.7. The molecule has 0 unspecified atom stereocenters. The molecule has 0 aliphatic carbocycles. The Balaban J connectivity index is 2.34. The summed E-state index contributed by atoms with van der Waals surface area (Å²) in [4.78, 5) is 12.5. The first kappa shape index (κ1) is 14.9. The van der Waals surface area contributed by atoms with Crippen LogP contribution in [0, 0.1) is 13.8 Å². The minimum absolute atomic E-state index is 0.223. The van der Waals surface area contributed by atoms with Crippen LogP contribution in [0.2, 0.25) is 0 Å². The van der Waals surface area contributed by atoms with Crippen molar-refractivity contribution in [2.24, 2.45) is 0 Å². The van der Waals surface area contributed by atoms with Crippen molar-refractivity contribution >= 4 is 11.6 Å². The van der Waals surface area contributed by atoms with Crippen molar-refractivity contribution in [1.82, 2.24) is 0 Å². The van der Waals surface area contributed by atoms with Gasteiger partial charge < -0.3 is 14.8 Å². The molecule has 21 heavy (non-hydrogen) atoms. The summed E-state index contributed by atoms with van der Waals surface area (Å²) >= 11 is 0. The maximum atomic E-state index is 12.5. The third-order valence-corrected chi connectivity index (χ3v) is 3.50. The van der Waals surface area contributed by atoms with Crippen LogP contribution in [0.15, 0.2) is 36.4 Å². The fourth-order valence-corrected chi connectivity index (χ4v) is 2.07. The molecule has 0 saturated carbocycles. The second kappa shape index (κ2) is 6.31. The van der Waals surface area contributed by atoms with E-state index in [1.54, 1.807) is 25.3 Å². The maximum Gasteiger partial charge on any atom is 0.259 e. The predicted octanol–water partition coefficient (Wildman–Crippen LogP) is 3.57. The van der Waals surface area contributed by atoms with Gasteiger partial charge in [-0.05, 0) is 49.2 Å². The Bertz CT molecular complexity index is 665. The topological polar surface area (TPSA) is 47.6 Å². The van der Waals surface area contributed by atoms with Gasteiger partial charge in [0.2, 0.25) is 0 Å². The first-order valence-corrected chi connectivity index (χ1v) is 6.66. The highest BCUT2D eigenvalue weighted by Crippen LogP contribution is 2.26. The number of methoxy groups -OCH3 is 2. The lowest BCUT2D eigenvalue weighted by atomic mass is 10.1. The normalized spacial score (nSPS) is 10.1. The van der Waals surface area contributed by atoms with Gasteiger partial charge in [0, 0.05) is 5.69 Å². The van der Waals surface area contributed by atoms with E-state index in [9.17, 15) is 4.79 Å². The molecule has 2 aromatic carbocycles. The molecule has 2 aromatic rings. The van der Waals surface area contributed by atoms with Gasteiger partial charge in [-0.3, -0.25) is 4.79 Å². The van der Waals surface area contributed by atoms with E-state index in [4.69, 9.17) is 9.47 Å². The summed E-state index contributed by atoms with van der Waals surface area (Å²) in [5.74, 6) is 0.903. The molecule has 4 nitrogen and oxygen atoms in total. The molecule has 1 N–H and O–H groups in total. The summed E-state index contributed by atoms with van der Waals surface area (Å²) in [6.45, 7) is 3.99. The van der Waals surface area contributed by atoms with Crippen LogP contribution in [-0.4, -0.2) is 20.1 Å². The van der Waals surface area contributed by atoms with Gasteiger partial charge in [-0.2, -0.15) is 0 Å². The highest BCUT2D eigenvalue weighted by atomic mass is 16.5. The van der Waals surface area contributed by atoms with Crippen molar-refractivity contribution in [2.45, 2.75) is 13.8 Å².